The van der Waals surface area contributed by atoms with Gasteiger partial charge in [0.1, 0.15) is 0 Å². The summed E-state index contributed by atoms with van der Waals surface area (Å²) in [5, 5.41) is 16.9. The van der Waals surface area contributed by atoms with Crippen LogP contribution in [0, 0.1) is 0 Å². The highest BCUT2D eigenvalue weighted by molar-refractivity contribution is 7.07. The third-order valence-electron chi connectivity index (χ3n) is 2.37. The number of thiophene rings is 1. The molecule has 1 aromatic heterocycles. The molecule has 0 amide bonds. The van der Waals surface area contributed by atoms with Gasteiger partial charge < -0.3 is 16.2 Å². The summed E-state index contributed by atoms with van der Waals surface area (Å²) in [6.07, 6.45) is -0.495. The van der Waals surface area contributed by atoms with E-state index in [2.05, 4.69) is 5.32 Å². The van der Waals surface area contributed by atoms with E-state index < -0.39 is 6.10 Å². The van der Waals surface area contributed by atoms with E-state index in [1.807, 2.05) is 41.1 Å². The van der Waals surface area contributed by atoms with Gasteiger partial charge in [-0.3, -0.25) is 0 Å². The molecule has 3 nitrogen and oxygen atoms in total. The first-order valence-electron chi connectivity index (χ1n) is 5.06. The third-order valence-corrected chi connectivity index (χ3v) is 3.08. The van der Waals surface area contributed by atoms with Crippen molar-refractivity contribution in [3.63, 3.8) is 0 Å². The molecule has 2 aromatic rings. The normalized spacial score (nSPS) is 12.3. The number of nitrogen functional groups attached to an aromatic ring is 1. The Morgan fingerprint density at radius 2 is 2.12 bits per heavy atom. The van der Waals surface area contributed by atoms with Crippen LogP contribution in [0.3, 0.4) is 0 Å². The molecule has 1 atom stereocenters. The molecule has 0 bridgehead atoms. The van der Waals surface area contributed by atoms with Crippen molar-refractivity contribution in [1.82, 2.24) is 0 Å². The molecule has 4 heteroatoms. The van der Waals surface area contributed by atoms with Crippen LogP contribution >= 0.6 is 11.3 Å². The molecular formula is C12H14N2OS. The molecule has 0 aliphatic rings. The van der Waals surface area contributed by atoms with Crippen molar-refractivity contribution in [2.45, 2.75) is 6.10 Å². The lowest BCUT2D eigenvalue weighted by Gasteiger charge is -2.13. The predicted octanol–water partition coefficient (Wildman–Crippen LogP) is 2.48. The first-order valence-corrected chi connectivity index (χ1v) is 6.00. The summed E-state index contributed by atoms with van der Waals surface area (Å²) in [4.78, 5) is 0. The fourth-order valence-corrected chi connectivity index (χ4v) is 2.15. The Morgan fingerprint density at radius 1 is 1.31 bits per heavy atom. The zero-order chi connectivity index (χ0) is 11.4. The van der Waals surface area contributed by atoms with E-state index in [9.17, 15) is 5.11 Å². The van der Waals surface area contributed by atoms with Crippen LogP contribution in [-0.4, -0.2) is 11.7 Å². The summed E-state index contributed by atoms with van der Waals surface area (Å²) in [7, 11) is 0. The van der Waals surface area contributed by atoms with E-state index in [4.69, 9.17) is 5.73 Å². The minimum Gasteiger partial charge on any atom is -0.397 e. The van der Waals surface area contributed by atoms with Crippen molar-refractivity contribution < 1.29 is 5.11 Å². The molecule has 1 unspecified atom stereocenters. The summed E-state index contributed by atoms with van der Waals surface area (Å²) in [6.45, 7) is 0.463. The Balaban J connectivity index is 1.95. The Bertz CT molecular complexity index is 442. The van der Waals surface area contributed by atoms with Crippen molar-refractivity contribution in [3.05, 3.63) is 46.7 Å². The first-order chi connectivity index (χ1) is 7.77. The fraction of sp³-hybridized carbons (Fsp3) is 0.167. The Morgan fingerprint density at radius 3 is 2.81 bits per heavy atom. The molecule has 1 heterocycles. The molecule has 0 saturated heterocycles. The number of nitrogens with two attached hydrogens (primary N) is 1. The standard InChI is InChI=1S/C12H14N2OS/c13-10-3-1-2-4-11(10)14-7-12(15)9-5-6-16-8-9/h1-6,8,12,14-15H,7,13H2. The van der Waals surface area contributed by atoms with Gasteiger partial charge in [0.05, 0.1) is 17.5 Å². The number of aliphatic hydroxyl groups is 1. The summed E-state index contributed by atoms with van der Waals surface area (Å²) in [5.41, 5.74) is 8.27. The van der Waals surface area contributed by atoms with Crippen molar-refractivity contribution in [2.75, 3.05) is 17.6 Å². The van der Waals surface area contributed by atoms with Crippen LogP contribution in [0.25, 0.3) is 0 Å². The average molecular weight is 234 g/mol. The average Bonchev–Trinajstić information content (AvgIpc) is 2.81. The number of rotatable bonds is 4. The molecule has 2 rings (SSSR count). The highest BCUT2D eigenvalue weighted by atomic mass is 32.1. The largest absolute Gasteiger partial charge is 0.397 e. The van der Waals surface area contributed by atoms with E-state index in [1.54, 1.807) is 11.3 Å². The van der Waals surface area contributed by atoms with Crippen molar-refractivity contribution in [2.24, 2.45) is 0 Å². The second-order valence-corrected chi connectivity index (χ2v) is 4.32. The van der Waals surface area contributed by atoms with E-state index in [1.165, 1.54) is 0 Å². The van der Waals surface area contributed by atoms with Gasteiger partial charge in [-0.15, -0.1) is 0 Å². The molecule has 16 heavy (non-hydrogen) atoms. The topological polar surface area (TPSA) is 58.3 Å². The second-order valence-electron chi connectivity index (χ2n) is 3.54. The smallest absolute Gasteiger partial charge is 0.0970 e. The summed E-state index contributed by atoms with van der Waals surface area (Å²) >= 11 is 1.58. The highest BCUT2D eigenvalue weighted by Gasteiger charge is 2.07. The minimum absolute atomic E-state index is 0.463. The lowest BCUT2D eigenvalue weighted by Crippen LogP contribution is -2.12. The molecule has 0 spiro atoms. The zero-order valence-corrected chi connectivity index (χ0v) is 9.58. The van der Waals surface area contributed by atoms with Crippen LogP contribution in [0.5, 0.6) is 0 Å². The fourth-order valence-electron chi connectivity index (χ4n) is 1.45. The Labute approximate surface area is 98.5 Å². The highest BCUT2D eigenvalue weighted by Crippen LogP contribution is 2.20. The minimum atomic E-state index is -0.495. The maximum Gasteiger partial charge on any atom is 0.0970 e. The molecular weight excluding hydrogens is 220 g/mol. The summed E-state index contributed by atoms with van der Waals surface area (Å²) in [6, 6.07) is 9.45. The van der Waals surface area contributed by atoms with Crippen LogP contribution in [0.1, 0.15) is 11.7 Å². The predicted molar refractivity (Wildman–Crippen MR) is 68.6 cm³/mol. The van der Waals surface area contributed by atoms with Crippen molar-refractivity contribution >= 4 is 22.7 Å². The maximum absolute atomic E-state index is 9.86. The van der Waals surface area contributed by atoms with Gasteiger partial charge in [0.15, 0.2) is 0 Å². The van der Waals surface area contributed by atoms with E-state index in [0.29, 0.717) is 12.2 Å². The zero-order valence-electron chi connectivity index (χ0n) is 8.76. The monoisotopic (exact) mass is 234 g/mol. The summed E-state index contributed by atoms with van der Waals surface area (Å²) in [5.74, 6) is 0. The van der Waals surface area contributed by atoms with Gasteiger partial charge in [0.25, 0.3) is 0 Å². The lowest BCUT2D eigenvalue weighted by atomic mass is 10.2. The van der Waals surface area contributed by atoms with Gasteiger partial charge >= 0.3 is 0 Å². The second kappa shape index (κ2) is 5.01. The van der Waals surface area contributed by atoms with Gasteiger partial charge in [-0.05, 0) is 34.5 Å². The van der Waals surface area contributed by atoms with Crippen molar-refractivity contribution in [1.29, 1.82) is 0 Å². The molecule has 0 aliphatic heterocycles. The molecule has 0 aliphatic carbocycles. The molecule has 4 N–H and O–H groups in total. The van der Waals surface area contributed by atoms with Crippen molar-refractivity contribution in [3.8, 4) is 0 Å². The quantitative estimate of drug-likeness (QED) is 0.712. The first kappa shape index (κ1) is 11.0. The third kappa shape index (κ3) is 2.53. The van der Waals surface area contributed by atoms with Crippen LogP contribution in [0.15, 0.2) is 41.1 Å². The van der Waals surface area contributed by atoms with Crippen LogP contribution in [0.4, 0.5) is 11.4 Å². The molecule has 0 radical (unpaired) electrons. The number of aliphatic hydroxyl groups excluding tert-OH is 1. The van der Waals surface area contributed by atoms with Crippen LogP contribution in [-0.2, 0) is 0 Å². The number of anilines is 2. The Hall–Kier alpha value is -1.52. The van der Waals surface area contributed by atoms with E-state index in [0.717, 1.165) is 11.3 Å². The van der Waals surface area contributed by atoms with Crippen LogP contribution < -0.4 is 11.1 Å². The van der Waals surface area contributed by atoms with Gasteiger partial charge in [0.2, 0.25) is 0 Å². The van der Waals surface area contributed by atoms with Gasteiger partial charge in [-0.1, -0.05) is 12.1 Å². The SMILES string of the molecule is Nc1ccccc1NCC(O)c1ccsc1. The van der Waals surface area contributed by atoms with Crippen LogP contribution in [0.2, 0.25) is 0 Å². The summed E-state index contributed by atoms with van der Waals surface area (Å²) < 4.78 is 0. The van der Waals surface area contributed by atoms with Gasteiger partial charge in [-0.25, -0.2) is 0 Å². The Kier molecular flexibility index (Phi) is 3.44. The number of hydrogen-bond acceptors (Lipinski definition) is 4. The molecule has 1 aromatic carbocycles. The lowest BCUT2D eigenvalue weighted by molar-refractivity contribution is 0.192. The van der Waals surface area contributed by atoms with Gasteiger partial charge in [0, 0.05) is 6.54 Å². The van der Waals surface area contributed by atoms with Gasteiger partial charge in [-0.2, -0.15) is 11.3 Å². The van der Waals surface area contributed by atoms with E-state index >= 15 is 0 Å². The number of nitrogens with one attached hydrogen (secondary N) is 1. The van der Waals surface area contributed by atoms with E-state index in [-0.39, 0.29) is 0 Å². The molecule has 0 saturated carbocycles. The molecule has 0 fully saturated rings. The number of para-hydroxylation sites is 2. The number of hydrogen-bond donors (Lipinski definition) is 3. The number of benzene rings is 1. The maximum atomic E-state index is 9.86. The molecule has 84 valence electrons.